The molecule has 0 heterocycles. The number of rotatable bonds is 6. The van der Waals surface area contributed by atoms with Crippen LogP contribution in [0.4, 0.5) is 0 Å². The Morgan fingerprint density at radius 3 is 2.47 bits per heavy atom. The molecular formula is C10H21N3O2. The number of carbonyl (C=O) groups is 2. The van der Waals surface area contributed by atoms with Gasteiger partial charge in [-0.25, -0.2) is 0 Å². The maximum absolute atomic E-state index is 11.4. The molecule has 15 heavy (non-hydrogen) atoms. The molecule has 0 fully saturated rings. The summed E-state index contributed by atoms with van der Waals surface area (Å²) >= 11 is 0. The summed E-state index contributed by atoms with van der Waals surface area (Å²) in [6.07, 6.45) is 1.15. The number of hydrogen-bond donors (Lipinski definition) is 3. The molecule has 0 spiro atoms. The van der Waals surface area contributed by atoms with E-state index >= 15 is 0 Å². The van der Waals surface area contributed by atoms with Crippen molar-refractivity contribution in [3.8, 4) is 0 Å². The third kappa shape index (κ3) is 5.37. The van der Waals surface area contributed by atoms with Crippen molar-refractivity contribution in [2.75, 3.05) is 13.6 Å². The molecule has 0 rings (SSSR count). The van der Waals surface area contributed by atoms with Gasteiger partial charge in [0, 0.05) is 20.0 Å². The van der Waals surface area contributed by atoms with Gasteiger partial charge in [-0.05, 0) is 5.92 Å². The molecule has 0 aliphatic rings. The molecule has 0 bridgehead atoms. The van der Waals surface area contributed by atoms with Crippen LogP contribution in [0.3, 0.4) is 0 Å². The van der Waals surface area contributed by atoms with Gasteiger partial charge >= 0.3 is 0 Å². The predicted octanol–water partition coefficient (Wildman–Crippen LogP) is -0.388. The zero-order valence-electron chi connectivity index (χ0n) is 9.67. The Kier molecular flexibility index (Phi) is 6.70. The van der Waals surface area contributed by atoms with Crippen LogP contribution in [0.5, 0.6) is 0 Å². The van der Waals surface area contributed by atoms with Crippen LogP contribution in [0.2, 0.25) is 0 Å². The summed E-state index contributed by atoms with van der Waals surface area (Å²) < 4.78 is 0. The van der Waals surface area contributed by atoms with Crippen LogP contribution in [0.1, 0.15) is 26.7 Å². The van der Waals surface area contributed by atoms with Crippen LogP contribution in [-0.4, -0.2) is 31.4 Å². The summed E-state index contributed by atoms with van der Waals surface area (Å²) in [5, 5.41) is 5.12. The van der Waals surface area contributed by atoms with Crippen molar-refractivity contribution in [1.82, 2.24) is 10.6 Å². The maximum Gasteiger partial charge on any atom is 0.237 e. The monoisotopic (exact) mass is 215 g/mol. The minimum atomic E-state index is -0.486. The smallest absolute Gasteiger partial charge is 0.237 e. The van der Waals surface area contributed by atoms with Crippen molar-refractivity contribution in [3.63, 3.8) is 0 Å². The van der Waals surface area contributed by atoms with Crippen molar-refractivity contribution >= 4 is 11.8 Å². The second-order valence-electron chi connectivity index (χ2n) is 3.63. The molecule has 0 aromatic carbocycles. The zero-order valence-corrected chi connectivity index (χ0v) is 9.67. The van der Waals surface area contributed by atoms with Crippen LogP contribution in [0.15, 0.2) is 0 Å². The van der Waals surface area contributed by atoms with Gasteiger partial charge in [0.15, 0.2) is 0 Å². The maximum atomic E-state index is 11.4. The Balaban J connectivity index is 3.78. The molecular weight excluding hydrogens is 194 g/mol. The number of nitrogens with two attached hydrogens (primary N) is 1. The summed E-state index contributed by atoms with van der Waals surface area (Å²) in [5.41, 5.74) is 5.71. The van der Waals surface area contributed by atoms with E-state index in [2.05, 4.69) is 10.6 Å². The predicted molar refractivity (Wildman–Crippen MR) is 59.1 cm³/mol. The van der Waals surface area contributed by atoms with Gasteiger partial charge in [0.05, 0.1) is 6.04 Å². The summed E-state index contributed by atoms with van der Waals surface area (Å²) in [6, 6.07) is -0.486. The third-order valence-corrected chi connectivity index (χ3v) is 2.49. The molecule has 0 aliphatic heterocycles. The highest BCUT2D eigenvalue weighted by atomic mass is 16.2. The molecule has 0 aliphatic carbocycles. The molecule has 0 aromatic rings. The lowest BCUT2D eigenvalue weighted by Gasteiger charge is -2.17. The molecule has 5 nitrogen and oxygen atoms in total. The minimum absolute atomic E-state index is 0.0904. The molecule has 5 heteroatoms. The molecule has 0 saturated heterocycles. The van der Waals surface area contributed by atoms with Gasteiger partial charge in [-0.1, -0.05) is 20.3 Å². The van der Waals surface area contributed by atoms with E-state index in [-0.39, 0.29) is 24.2 Å². The Labute approximate surface area is 90.8 Å². The van der Waals surface area contributed by atoms with Crippen molar-refractivity contribution in [3.05, 3.63) is 0 Å². The second kappa shape index (κ2) is 7.23. The SMILES string of the molecule is CCC(C)C(N)C(=O)NCCC(=O)NC. The fourth-order valence-corrected chi connectivity index (χ4v) is 1.05. The first kappa shape index (κ1) is 13.9. The van der Waals surface area contributed by atoms with E-state index in [0.717, 1.165) is 6.42 Å². The largest absolute Gasteiger partial charge is 0.359 e. The Bertz CT molecular complexity index is 219. The lowest BCUT2D eigenvalue weighted by Crippen LogP contribution is -2.45. The highest BCUT2D eigenvalue weighted by Gasteiger charge is 2.18. The first-order chi connectivity index (χ1) is 7.02. The highest BCUT2D eigenvalue weighted by molar-refractivity contribution is 5.82. The van der Waals surface area contributed by atoms with Crippen molar-refractivity contribution in [1.29, 1.82) is 0 Å². The lowest BCUT2D eigenvalue weighted by atomic mass is 9.99. The molecule has 0 saturated carbocycles. The van der Waals surface area contributed by atoms with E-state index < -0.39 is 6.04 Å². The van der Waals surface area contributed by atoms with Crippen LogP contribution >= 0.6 is 0 Å². The molecule has 2 unspecified atom stereocenters. The average Bonchev–Trinajstić information content (AvgIpc) is 2.26. The van der Waals surface area contributed by atoms with E-state index in [1.54, 1.807) is 7.05 Å². The van der Waals surface area contributed by atoms with Gasteiger partial charge in [0.1, 0.15) is 0 Å². The number of hydrogen-bond acceptors (Lipinski definition) is 3. The molecule has 2 atom stereocenters. The van der Waals surface area contributed by atoms with Gasteiger partial charge in [-0.2, -0.15) is 0 Å². The number of amides is 2. The summed E-state index contributed by atoms with van der Waals surface area (Å²) in [7, 11) is 1.56. The van der Waals surface area contributed by atoms with Crippen LogP contribution in [0.25, 0.3) is 0 Å². The third-order valence-electron chi connectivity index (χ3n) is 2.49. The van der Waals surface area contributed by atoms with Crippen LogP contribution in [0, 0.1) is 5.92 Å². The molecule has 0 radical (unpaired) electrons. The standard InChI is InChI=1S/C10H21N3O2/c1-4-7(2)9(11)10(15)13-6-5-8(14)12-3/h7,9H,4-6,11H2,1-3H3,(H,12,14)(H,13,15). The summed E-state index contributed by atoms with van der Waals surface area (Å²) in [5.74, 6) is -0.120. The summed E-state index contributed by atoms with van der Waals surface area (Å²) in [6.45, 7) is 4.26. The second-order valence-corrected chi connectivity index (χ2v) is 3.63. The Morgan fingerprint density at radius 1 is 1.40 bits per heavy atom. The first-order valence-electron chi connectivity index (χ1n) is 5.26. The highest BCUT2D eigenvalue weighted by Crippen LogP contribution is 2.04. The Hall–Kier alpha value is -1.10. The lowest BCUT2D eigenvalue weighted by molar-refractivity contribution is -0.123. The van der Waals surface area contributed by atoms with E-state index in [1.165, 1.54) is 0 Å². The molecule has 2 amide bonds. The van der Waals surface area contributed by atoms with E-state index in [9.17, 15) is 9.59 Å². The van der Waals surface area contributed by atoms with Gasteiger partial charge in [-0.15, -0.1) is 0 Å². The minimum Gasteiger partial charge on any atom is -0.359 e. The van der Waals surface area contributed by atoms with Gasteiger partial charge in [0.2, 0.25) is 11.8 Å². The fourth-order valence-electron chi connectivity index (χ4n) is 1.05. The molecule has 88 valence electrons. The van der Waals surface area contributed by atoms with Crippen molar-refractivity contribution in [2.24, 2.45) is 11.7 Å². The fraction of sp³-hybridized carbons (Fsp3) is 0.800. The quantitative estimate of drug-likeness (QED) is 0.564. The van der Waals surface area contributed by atoms with Crippen LogP contribution < -0.4 is 16.4 Å². The van der Waals surface area contributed by atoms with Gasteiger partial charge in [-0.3, -0.25) is 9.59 Å². The van der Waals surface area contributed by atoms with Crippen molar-refractivity contribution < 1.29 is 9.59 Å². The van der Waals surface area contributed by atoms with Gasteiger partial charge in [0.25, 0.3) is 0 Å². The average molecular weight is 215 g/mol. The molecule has 0 aromatic heterocycles. The van der Waals surface area contributed by atoms with E-state index in [1.807, 2.05) is 13.8 Å². The van der Waals surface area contributed by atoms with Crippen molar-refractivity contribution in [2.45, 2.75) is 32.7 Å². The number of carbonyl (C=O) groups excluding carboxylic acids is 2. The number of nitrogens with one attached hydrogen (secondary N) is 2. The zero-order chi connectivity index (χ0) is 11.8. The summed E-state index contributed by atoms with van der Waals surface area (Å²) in [4.78, 5) is 22.3. The normalized spacial score (nSPS) is 14.1. The van der Waals surface area contributed by atoms with E-state index in [4.69, 9.17) is 5.73 Å². The van der Waals surface area contributed by atoms with E-state index in [0.29, 0.717) is 6.54 Å². The topological polar surface area (TPSA) is 84.2 Å². The van der Waals surface area contributed by atoms with Crippen LogP contribution in [-0.2, 0) is 9.59 Å². The molecule has 4 N–H and O–H groups in total. The first-order valence-corrected chi connectivity index (χ1v) is 5.26. The Morgan fingerprint density at radius 2 is 2.00 bits per heavy atom. The van der Waals surface area contributed by atoms with Gasteiger partial charge < -0.3 is 16.4 Å².